The molecule has 1 fully saturated rings. The number of carbonyl (C=O) groups is 1. The van der Waals surface area contributed by atoms with E-state index >= 15 is 0 Å². The first-order valence-corrected chi connectivity index (χ1v) is 9.40. The standard InChI is InChI=1S/C20H26N4O3/c1-15-6-4-5-10-23(15)13-17-8-3-2-7-16(17)12-21-19(26)14-24-11-9-18(25)22-20(24)27/h2-3,7-9,11,15H,4-6,10,12-14H2,1H3,(H,21,26)(H,22,25,27)/t15-/m0/s1. The molecule has 7 nitrogen and oxygen atoms in total. The predicted molar refractivity (Wildman–Crippen MR) is 103 cm³/mol. The molecule has 0 spiro atoms. The van der Waals surface area contributed by atoms with E-state index in [1.807, 2.05) is 18.2 Å². The highest BCUT2D eigenvalue weighted by molar-refractivity contribution is 5.75. The monoisotopic (exact) mass is 370 g/mol. The summed E-state index contributed by atoms with van der Waals surface area (Å²) in [5.41, 5.74) is 1.24. The molecule has 1 atom stereocenters. The molecule has 2 heterocycles. The molecule has 1 aliphatic rings. The van der Waals surface area contributed by atoms with Crippen LogP contribution in [0.3, 0.4) is 0 Å². The van der Waals surface area contributed by atoms with Crippen LogP contribution in [0.4, 0.5) is 0 Å². The van der Waals surface area contributed by atoms with Gasteiger partial charge in [0.15, 0.2) is 0 Å². The van der Waals surface area contributed by atoms with Gasteiger partial charge in [-0.2, -0.15) is 0 Å². The molecule has 0 unspecified atom stereocenters. The number of H-pyrrole nitrogens is 1. The Bertz CT molecular complexity index is 902. The maximum Gasteiger partial charge on any atom is 0.328 e. The van der Waals surface area contributed by atoms with Crippen LogP contribution in [0.15, 0.2) is 46.1 Å². The molecule has 0 saturated carbocycles. The highest BCUT2D eigenvalue weighted by atomic mass is 16.2. The van der Waals surface area contributed by atoms with Crippen molar-refractivity contribution in [3.8, 4) is 0 Å². The topological polar surface area (TPSA) is 87.2 Å². The zero-order valence-electron chi connectivity index (χ0n) is 15.6. The van der Waals surface area contributed by atoms with E-state index in [-0.39, 0.29) is 12.5 Å². The van der Waals surface area contributed by atoms with Gasteiger partial charge in [0.1, 0.15) is 6.54 Å². The van der Waals surface area contributed by atoms with Gasteiger partial charge in [0.25, 0.3) is 5.56 Å². The Hall–Kier alpha value is -2.67. The number of hydrogen-bond acceptors (Lipinski definition) is 4. The molecule has 7 heteroatoms. The van der Waals surface area contributed by atoms with Crippen molar-refractivity contribution in [2.45, 2.75) is 51.9 Å². The van der Waals surface area contributed by atoms with Crippen molar-refractivity contribution in [2.24, 2.45) is 0 Å². The summed E-state index contributed by atoms with van der Waals surface area (Å²) in [6.45, 7) is 4.55. The van der Waals surface area contributed by atoms with E-state index in [2.05, 4.69) is 28.2 Å². The highest BCUT2D eigenvalue weighted by Crippen LogP contribution is 2.20. The second kappa shape index (κ2) is 8.81. The van der Waals surface area contributed by atoms with E-state index in [1.165, 1.54) is 41.7 Å². The Labute approximate surface area is 158 Å². The van der Waals surface area contributed by atoms with Gasteiger partial charge in [0.05, 0.1) is 0 Å². The van der Waals surface area contributed by atoms with Gasteiger partial charge in [-0.05, 0) is 37.4 Å². The molecule has 1 saturated heterocycles. The first-order chi connectivity index (χ1) is 13.0. The third kappa shape index (κ3) is 5.17. The number of nitrogens with zero attached hydrogens (tertiary/aromatic N) is 2. The van der Waals surface area contributed by atoms with Crippen molar-refractivity contribution in [1.82, 2.24) is 19.8 Å². The van der Waals surface area contributed by atoms with Crippen LogP contribution in [0.2, 0.25) is 0 Å². The molecule has 1 aliphatic heterocycles. The third-order valence-corrected chi connectivity index (χ3v) is 5.12. The summed E-state index contributed by atoms with van der Waals surface area (Å²) in [6, 6.07) is 9.93. The average Bonchev–Trinajstić information content (AvgIpc) is 2.65. The summed E-state index contributed by atoms with van der Waals surface area (Å²) in [7, 11) is 0. The van der Waals surface area contributed by atoms with Crippen LogP contribution in [0.25, 0.3) is 0 Å². The number of aromatic amines is 1. The molecule has 2 N–H and O–H groups in total. The van der Waals surface area contributed by atoms with Gasteiger partial charge < -0.3 is 5.32 Å². The molecule has 1 amide bonds. The summed E-state index contributed by atoms with van der Waals surface area (Å²) < 4.78 is 1.18. The number of amides is 1. The maximum atomic E-state index is 12.2. The number of likely N-dealkylation sites (tertiary alicyclic amines) is 1. The van der Waals surface area contributed by atoms with Gasteiger partial charge in [-0.15, -0.1) is 0 Å². The molecule has 0 bridgehead atoms. The maximum absolute atomic E-state index is 12.2. The van der Waals surface area contributed by atoms with Crippen molar-refractivity contribution in [3.05, 3.63) is 68.5 Å². The normalized spacial score (nSPS) is 17.6. The Morgan fingerprint density at radius 2 is 1.96 bits per heavy atom. The minimum atomic E-state index is -0.586. The molecule has 0 radical (unpaired) electrons. The molecular weight excluding hydrogens is 344 g/mol. The van der Waals surface area contributed by atoms with Crippen molar-refractivity contribution < 1.29 is 4.79 Å². The quantitative estimate of drug-likeness (QED) is 0.801. The van der Waals surface area contributed by atoms with Crippen LogP contribution in [0.1, 0.15) is 37.3 Å². The minimum absolute atomic E-state index is 0.124. The van der Waals surface area contributed by atoms with Gasteiger partial charge in [0, 0.05) is 31.4 Å². The largest absolute Gasteiger partial charge is 0.350 e. The number of piperidine rings is 1. The lowest BCUT2D eigenvalue weighted by atomic mass is 10.0. The lowest BCUT2D eigenvalue weighted by molar-refractivity contribution is -0.121. The smallest absolute Gasteiger partial charge is 0.328 e. The molecule has 3 rings (SSSR count). The summed E-state index contributed by atoms with van der Waals surface area (Å²) in [6.07, 6.45) is 5.08. The summed E-state index contributed by atoms with van der Waals surface area (Å²) >= 11 is 0. The summed E-state index contributed by atoms with van der Waals surface area (Å²) in [5, 5.41) is 2.87. The highest BCUT2D eigenvalue weighted by Gasteiger charge is 2.19. The molecule has 2 aromatic rings. The van der Waals surface area contributed by atoms with Crippen LogP contribution in [0.5, 0.6) is 0 Å². The van der Waals surface area contributed by atoms with Crippen molar-refractivity contribution in [3.63, 3.8) is 0 Å². The fraction of sp³-hybridized carbons (Fsp3) is 0.450. The average molecular weight is 370 g/mol. The summed E-state index contributed by atoms with van der Waals surface area (Å²) in [4.78, 5) is 39.6. The summed E-state index contributed by atoms with van der Waals surface area (Å²) in [5.74, 6) is -0.273. The number of carbonyl (C=O) groups excluding carboxylic acids is 1. The van der Waals surface area contributed by atoms with Gasteiger partial charge in [-0.3, -0.25) is 24.0 Å². The number of benzene rings is 1. The number of nitrogens with one attached hydrogen (secondary N) is 2. The molecule has 144 valence electrons. The fourth-order valence-electron chi connectivity index (χ4n) is 3.47. The third-order valence-electron chi connectivity index (χ3n) is 5.12. The molecular formula is C20H26N4O3. The minimum Gasteiger partial charge on any atom is -0.350 e. The van der Waals surface area contributed by atoms with Crippen LogP contribution < -0.4 is 16.6 Å². The van der Waals surface area contributed by atoms with Gasteiger partial charge in [-0.1, -0.05) is 30.7 Å². The second-order valence-corrected chi connectivity index (χ2v) is 7.10. The fourth-order valence-corrected chi connectivity index (χ4v) is 3.47. The Balaban J connectivity index is 1.61. The predicted octanol–water partition coefficient (Wildman–Crippen LogP) is 1.23. The lowest BCUT2D eigenvalue weighted by Crippen LogP contribution is -2.37. The van der Waals surface area contributed by atoms with E-state index in [0.717, 1.165) is 18.7 Å². The zero-order chi connectivity index (χ0) is 19.2. The van der Waals surface area contributed by atoms with Gasteiger partial charge in [0.2, 0.25) is 5.91 Å². The first kappa shape index (κ1) is 19.1. The van der Waals surface area contributed by atoms with Crippen molar-refractivity contribution >= 4 is 5.91 Å². The van der Waals surface area contributed by atoms with E-state index in [4.69, 9.17) is 0 Å². The molecule has 27 heavy (non-hydrogen) atoms. The van der Waals surface area contributed by atoms with E-state index in [0.29, 0.717) is 12.6 Å². The molecule has 1 aromatic carbocycles. The van der Waals surface area contributed by atoms with Crippen LogP contribution in [0, 0.1) is 0 Å². The Morgan fingerprint density at radius 1 is 1.19 bits per heavy atom. The van der Waals surface area contributed by atoms with Crippen LogP contribution >= 0.6 is 0 Å². The Morgan fingerprint density at radius 3 is 2.70 bits per heavy atom. The van der Waals surface area contributed by atoms with E-state index in [1.54, 1.807) is 0 Å². The van der Waals surface area contributed by atoms with Crippen molar-refractivity contribution in [1.29, 1.82) is 0 Å². The zero-order valence-corrected chi connectivity index (χ0v) is 15.6. The second-order valence-electron chi connectivity index (χ2n) is 7.10. The first-order valence-electron chi connectivity index (χ1n) is 9.40. The lowest BCUT2D eigenvalue weighted by Gasteiger charge is -2.33. The van der Waals surface area contributed by atoms with E-state index in [9.17, 15) is 14.4 Å². The van der Waals surface area contributed by atoms with Crippen LogP contribution in [-0.4, -0.2) is 32.9 Å². The molecule has 0 aliphatic carbocycles. The Kier molecular flexibility index (Phi) is 6.24. The number of aromatic nitrogens is 2. The molecule has 1 aromatic heterocycles. The number of rotatable bonds is 6. The SMILES string of the molecule is C[C@H]1CCCCN1Cc1ccccc1CNC(=O)Cn1ccc(=O)[nH]c1=O. The van der Waals surface area contributed by atoms with E-state index < -0.39 is 11.2 Å². The van der Waals surface area contributed by atoms with Gasteiger partial charge in [-0.25, -0.2) is 4.79 Å². The number of hydrogen-bond donors (Lipinski definition) is 2. The van der Waals surface area contributed by atoms with Crippen molar-refractivity contribution in [2.75, 3.05) is 6.54 Å². The van der Waals surface area contributed by atoms with Crippen LogP contribution in [-0.2, 0) is 24.4 Å². The van der Waals surface area contributed by atoms with Gasteiger partial charge >= 0.3 is 5.69 Å².